The van der Waals surface area contributed by atoms with Crippen LogP contribution >= 0.6 is 0 Å². The highest BCUT2D eigenvalue weighted by molar-refractivity contribution is 7.89. The van der Waals surface area contributed by atoms with Gasteiger partial charge < -0.3 is 15.5 Å². The SMILES string of the molecule is Cc1ccc(S(=O)(=O)N(CCC2COc3ccc(C(=N)N)cc32)C(=O)c2cc[nH]c2)cc1. The van der Waals surface area contributed by atoms with E-state index in [9.17, 15) is 13.2 Å². The molecule has 166 valence electrons. The van der Waals surface area contributed by atoms with Gasteiger partial charge in [-0.1, -0.05) is 17.7 Å². The van der Waals surface area contributed by atoms with Crippen molar-refractivity contribution in [1.82, 2.24) is 9.29 Å². The van der Waals surface area contributed by atoms with Crippen LogP contribution in [0.3, 0.4) is 0 Å². The summed E-state index contributed by atoms with van der Waals surface area (Å²) in [6, 6.07) is 13.2. The van der Waals surface area contributed by atoms with Gasteiger partial charge in [-0.2, -0.15) is 0 Å². The number of rotatable bonds is 7. The zero-order chi connectivity index (χ0) is 22.9. The fourth-order valence-electron chi connectivity index (χ4n) is 3.73. The number of carbonyl (C=O) groups is 1. The van der Waals surface area contributed by atoms with Gasteiger partial charge in [-0.15, -0.1) is 0 Å². The lowest BCUT2D eigenvalue weighted by Gasteiger charge is -2.23. The van der Waals surface area contributed by atoms with E-state index in [-0.39, 0.29) is 28.8 Å². The van der Waals surface area contributed by atoms with E-state index in [1.807, 2.05) is 6.92 Å². The van der Waals surface area contributed by atoms with Gasteiger partial charge in [-0.05, 0) is 49.7 Å². The minimum Gasteiger partial charge on any atom is -0.493 e. The highest BCUT2D eigenvalue weighted by Crippen LogP contribution is 2.37. The maximum absolute atomic E-state index is 13.4. The van der Waals surface area contributed by atoms with Gasteiger partial charge in [0.25, 0.3) is 15.9 Å². The monoisotopic (exact) mass is 452 g/mol. The molecule has 9 heteroatoms. The third kappa shape index (κ3) is 4.11. The molecule has 1 aliphatic heterocycles. The van der Waals surface area contributed by atoms with Crippen molar-refractivity contribution >= 4 is 21.8 Å². The topological polar surface area (TPSA) is 129 Å². The van der Waals surface area contributed by atoms with E-state index < -0.39 is 15.9 Å². The normalized spacial score (nSPS) is 15.1. The Bertz CT molecular complexity index is 1250. The van der Waals surface area contributed by atoms with Crippen LogP contribution in [0.2, 0.25) is 0 Å². The Kier molecular flexibility index (Phi) is 5.75. The average molecular weight is 453 g/mol. The molecule has 0 spiro atoms. The summed E-state index contributed by atoms with van der Waals surface area (Å²) in [5.41, 5.74) is 8.24. The van der Waals surface area contributed by atoms with Gasteiger partial charge in [0.1, 0.15) is 11.6 Å². The maximum Gasteiger partial charge on any atom is 0.269 e. The fourth-order valence-corrected chi connectivity index (χ4v) is 5.13. The van der Waals surface area contributed by atoms with Crippen molar-refractivity contribution in [3.05, 3.63) is 83.2 Å². The number of hydrogen-bond donors (Lipinski definition) is 3. The average Bonchev–Trinajstić information content (AvgIpc) is 3.44. The zero-order valence-corrected chi connectivity index (χ0v) is 18.4. The van der Waals surface area contributed by atoms with Crippen LogP contribution in [0.4, 0.5) is 0 Å². The Hall–Kier alpha value is -3.59. The molecule has 0 radical (unpaired) electrons. The number of sulfonamides is 1. The van der Waals surface area contributed by atoms with Crippen LogP contribution < -0.4 is 10.5 Å². The second-order valence-corrected chi connectivity index (χ2v) is 9.62. The molecule has 1 amide bonds. The lowest BCUT2D eigenvalue weighted by Crippen LogP contribution is -2.38. The smallest absolute Gasteiger partial charge is 0.269 e. The Balaban J connectivity index is 1.63. The van der Waals surface area contributed by atoms with Gasteiger partial charge in [0.05, 0.1) is 17.1 Å². The number of H-pyrrole nitrogens is 1. The Morgan fingerprint density at radius 3 is 2.59 bits per heavy atom. The number of fused-ring (bicyclic) bond motifs is 1. The van der Waals surface area contributed by atoms with Gasteiger partial charge in [0.15, 0.2) is 0 Å². The zero-order valence-electron chi connectivity index (χ0n) is 17.5. The third-order valence-electron chi connectivity index (χ3n) is 5.56. The quantitative estimate of drug-likeness (QED) is 0.375. The number of nitrogens with two attached hydrogens (primary N) is 1. The molecule has 4 rings (SSSR count). The lowest BCUT2D eigenvalue weighted by molar-refractivity contribution is 0.0858. The number of nitrogens with one attached hydrogen (secondary N) is 2. The Morgan fingerprint density at radius 1 is 1.19 bits per heavy atom. The lowest BCUT2D eigenvalue weighted by atomic mass is 9.96. The van der Waals surface area contributed by atoms with E-state index in [1.165, 1.54) is 18.3 Å². The first-order valence-electron chi connectivity index (χ1n) is 10.1. The first kappa shape index (κ1) is 21.6. The van der Waals surface area contributed by atoms with Crippen LogP contribution in [-0.4, -0.2) is 42.6 Å². The first-order valence-corrected chi connectivity index (χ1v) is 11.6. The molecule has 2 aromatic carbocycles. The molecular weight excluding hydrogens is 428 g/mol. The molecule has 1 atom stereocenters. The molecule has 1 aliphatic rings. The van der Waals surface area contributed by atoms with Crippen molar-refractivity contribution in [2.24, 2.45) is 5.73 Å². The van der Waals surface area contributed by atoms with Crippen molar-refractivity contribution in [3.63, 3.8) is 0 Å². The Labute approximate surface area is 186 Å². The molecule has 0 saturated heterocycles. The predicted molar refractivity (Wildman–Crippen MR) is 121 cm³/mol. The molecule has 8 nitrogen and oxygen atoms in total. The van der Waals surface area contributed by atoms with E-state index in [1.54, 1.807) is 42.6 Å². The van der Waals surface area contributed by atoms with Gasteiger partial charge in [0.2, 0.25) is 0 Å². The standard InChI is InChI=1S/C23H24N4O4S/c1-15-2-5-19(6-3-15)32(29,30)27(23(28)17-8-10-26-13-17)11-9-18-14-31-21-7-4-16(22(24)25)12-20(18)21/h2-8,10,12-13,18,26H,9,11,14H2,1H3,(H3,24,25). The first-order chi connectivity index (χ1) is 15.3. The summed E-state index contributed by atoms with van der Waals surface area (Å²) in [5.74, 6) is -0.0861. The molecule has 4 N–H and O–H groups in total. The van der Waals surface area contributed by atoms with E-state index >= 15 is 0 Å². The number of benzene rings is 2. The summed E-state index contributed by atoms with van der Waals surface area (Å²) in [6.07, 6.45) is 3.43. The summed E-state index contributed by atoms with van der Waals surface area (Å²) in [6.45, 7) is 2.22. The number of ether oxygens (including phenoxy) is 1. The molecule has 0 bridgehead atoms. The van der Waals surface area contributed by atoms with Crippen molar-refractivity contribution in [1.29, 1.82) is 5.41 Å². The van der Waals surface area contributed by atoms with Gasteiger partial charge in [0, 0.05) is 36.0 Å². The number of nitrogen functional groups attached to an aromatic ring is 1. The number of nitrogens with zero attached hydrogens (tertiary/aromatic N) is 1. The highest BCUT2D eigenvalue weighted by atomic mass is 32.2. The van der Waals surface area contributed by atoms with E-state index in [0.717, 1.165) is 15.4 Å². The van der Waals surface area contributed by atoms with Crippen LogP contribution in [-0.2, 0) is 10.0 Å². The van der Waals surface area contributed by atoms with Crippen LogP contribution in [0.25, 0.3) is 0 Å². The van der Waals surface area contributed by atoms with Crippen molar-refractivity contribution in [3.8, 4) is 5.75 Å². The summed E-state index contributed by atoms with van der Waals surface area (Å²) < 4.78 is 33.4. The molecule has 1 aromatic heterocycles. The van der Waals surface area contributed by atoms with Crippen LogP contribution in [0.15, 0.2) is 65.8 Å². The van der Waals surface area contributed by atoms with E-state index in [4.69, 9.17) is 15.9 Å². The number of aromatic nitrogens is 1. The molecule has 0 saturated carbocycles. The summed E-state index contributed by atoms with van der Waals surface area (Å²) >= 11 is 0. The molecular formula is C23H24N4O4S. The molecule has 3 aromatic rings. The largest absolute Gasteiger partial charge is 0.493 e. The minimum atomic E-state index is -4.06. The second kappa shape index (κ2) is 8.51. The van der Waals surface area contributed by atoms with Gasteiger partial charge in [-0.3, -0.25) is 10.2 Å². The molecule has 2 heterocycles. The molecule has 0 fully saturated rings. The number of carbonyl (C=O) groups excluding carboxylic acids is 1. The second-order valence-electron chi connectivity index (χ2n) is 7.76. The predicted octanol–water partition coefficient (Wildman–Crippen LogP) is 3.00. The van der Waals surface area contributed by atoms with Gasteiger partial charge in [-0.25, -0.2) is 12.7 Å². The molecule has 0 aliphatic carbocycles. The van der Waals surface area contributed by atoms with Crippen LogP contribution in [0, 0.1) is 12.3 Å². The third-order valence-corrected chi connectivity index (χ3v) is 7.36. The molecule has 1 unspecified atom stereocenters. The number of hydrogen-bond acceptors (Lipinski definition) is 5. The Morgan fingerprint density at radius 2 is 1.94 bits per heavy atom. The fraction of sp³-hybridized carbons (Fsp3) is 0.217. The maximum atomic E-state index is 13.4. The van der Waals surface area contributed by atoms with Gasteiger partial charge >= 0.3 is 0 Å². The van der Waals surface area contributed by atoms with Crippen molar-refractivity contribution in [2.45, 2.75) is 24.2 Å². The number of amides is 1. The van der Waals surface area contributed by atoms with Crippen molar-refractivity contribution in [2.75, 3.05) is 13.2 Å². The molecule has 32 heavy (non-hydrogen) atoms. The summed E-state index contributed by atoms with van der Waals surface area (Å²) in [4.78, 5) is 16.0. The minimum absolute atomic E-state index is 0.0159. The number of aromatic amines is 1. The highest BCUT2D eigenvalue weighted by Gasteiger charge is 2.33. The number of aryl methyl sites for hydroxylation is 1. The van der Waals surface area contributed by atoms with Crippen LogP contribution in [0.1, 0.15) is 39.4 Å². The number of amidine groups is 1. The van der Waals surface area contributed by atoms with E-state index in [0.29, 0.717) is 24.3 Å². The summed E-state index contributed by atoms with van der Waals surface area (Å²) in [7, 11) is -4.06. The van der Waals surface area contributed by atoms with Crippen LogP contribution in [0.5, 0.6) is 5.75 Å². The van der Waals surface area contributed by atoms with E-state index in [2.05, 4.69) is 4.98 Å². The summed E-state index contributed by atoms with van der Waals surface area (Å²) in [5, 5.41) is 7.66. The van der Waals surface area contributed by atoms with Crippen molar-refractivity contribution < 1.29 is 17.9 Å².